The summed E-state index contributed by atoms with van der Waals surface area (Å²) in [5.41, 5.74) is 5.18. The number of likely N-dealkylation sites (tertiary alicyclic amines) is 1. The van der Waals surface area contributed by atoms with E-state index in [0.29, 0.717) is 18.3 Å². The number of carbonyl (C=O) groups is 1. The number of carbonyl (C=O) groups excluding carboxylic acids is 1. The quantitative estimate of drug-likeness (QED) is 0.696. The molecule has 1 aliphatic rings. The molecular weight excluding hydrogens is 352 g/mol. The SMILES string of the molecule is Cc1ccc(NC(=O)N2CCCC2c2nc(-c3ccccc3C)no2)cc1C. The van der Waals surface area contributed by atoms with Crippen molar-refractivity contribution in [2.45, 2.75) is 39.7 Å². The largest absolute Gasteiger partial charge is 0.337 e. The van der Waals surface area contributed by atoms with Crippen molar-refractivity contribution in [2.24, 2.45) is 0 Å². The third-order valence-electron chi connectivity index (χ3n) is 5.38. The minimum Gasteiger partial charge on any atom is -0.337 e. The van der Waals surface area contributed by atoms with E-state index in [0.717, 1.165) is 35.2 Å². The Labute approximate surface area is 164 Å². The molecule has 144 valence electrons. The lowest BCUT2D eigenvalue weighted by Crippen LogP contribution is -2.34. The molecule has 4 rings (SSSR count). The highest BCUT2D eigenvalue weighted by Gasteiger charge is 2.34. The fraction of sp³-hybridized carbons (Fsp3) is 0.318. The molecule has 2 heterocycles. The van der Waals surface area contributed by atoms with Crippen LogP contribution in [0.4, 0.5) is 10.5 Å². The van der Waals surface area contributed by atoms with E-state index in [2.05, 4.69) is 22.4 Å². The number of hydrogen-bond acceptors (Lipinski definition) is 4. The van der Waals surface area contributed by atoms with Crippen molar-refractivity contribution in [3.63, 3.8) is 0 Å². The number of urea groups is 1. The second-order valence-corrected chi connectivity index (χ2v) is 7.35. The molecular formula is C22H24N4O2. The Morgan fingerprint density at radius 1 is 1.11 bits per heavy atom. The summed E-state index contributed by atoms with van der Waals surface area (Å²) in [6.45, 7) is 6.78. The van der Waals surface area contributed by atoms with Crippen LogP contribution in [0.25, 0.3) is 11.4 Å². The van der Waals surface area contributed by atoms with Crippen LogP contribution in [-0.4, -0.2) is 27.6 Å². The number of amides is 2. The molecule has 0 saturated carbocycles. The minimum atomic E-state index is -0.197. The summed E-state index contributed by atoms with van der Waals surface area (Å²) in [6.07, 6.45) is 1.73. The molecule has 1 aromatic heterocycles. The molecule has 1 unspecified atom stereocenters. The molecule has 3 aromatic rings. The standard InChI is InChI=1S/C22H24N4O2/c1-14-10-11-17(13-16(14)3)23-22(27)26-12-6-9-19(26)21-24-20(25-28-21)18-8-5-4-7-15(18)2/h4-5,7-8,10-11,13,19H,6,9,12H2,1-3H3,(H,23,27). The highest BCUT2D eigenvalue weighted by molar-refractivity contribution is 5.89. The average Bonchev–Trinajstić information content (AvgIpc) is 3.34. The van der Waals surface area contributed by atoms with Crippen molar-refractivity contribution < 1.29 is 9.32 Å². The van der Waals surface area contributed by atoms with Gasteiger partial charge in [-0.1, -0.05) is 35.5 Å². The van der Waals surface area contributed by atoms with Gasteiger partial charge in [0.15, 0.2) is 0 Å². The molecule has 2 aromatic carbocycles. The highest BCUT2D eigenvalue weighted by Crippen LogP contribution is 2.33. The maximum absolute atomic E-state index is 12.9. The summed E-state index contributed by atoms with van der Waals surface area (Å²) in [4.78, 5) is 19.2. The first-order valence-corrected chi connectivity index (χ1v) is 9.57. The molecule has 1 N–H and O–H groups in total. The Bertz CT molecular complexity index is 1010. The van der Waals surface area contributed by atoms with Crippen molar-refractivity contribution in [1.29, 1.82) is 0 Å². The van der Waals surface area contributed by atoms with Crippen molar-refractivity contribution in [2.75, 3.05) is 11.9 Å². The van der Waals surface area contributed by atoms with E-state index in [1.165, 1.54) is 5.56 Å². The smallest absolute Gasteiger partial charge is 0.322 e. The average molecular weight is 376 g/mol. The molecule has 6 nitrogen and oxygen atoms in total. The normalized spacial score (nSPS) is 16.4. The predicted molar refractivity (Wildman–Crippen MR) is 108 cm³/mol. The summed E-state index contributed by atoms with van der Waals surface area (Å²) < 4.78 is 5.54. The Morgan fingerprint density at radius 3 is 2.71 bits per heavy atom. The minimum absolute atomic E-state index is 0.138. The highest BCUT2D eigenvalue weighted by atomic mass is 16.5. The van der Waals surface area contributed by atoms with Gasteiger partial charge in [-0.3, -0.25) is 0 Å². The number of rotatable bonds is 3. The van der Waals surface area contributed by atoms with Crippen LogP contribution in [-0.2, 0) is 0 Å². The summed E-state index contributed by atoms with van der Waals surface area (Å²) in [6, 6.07) is 13.5. The van der Waals surface area contributed by atoms with Crippen LogP contribution >= 0.6 is 0 Å². The van der Waals surface area contributed by atoms with Gasteiger partial charge in [-0.2, -0.15) is 4.98 Å². The Kier molecular flexibility index (Phi) is 4.86. The first-order chi connectivity index (χ1) is 13.5. The van der Waals surface area contributed by atoms with Crippen molar-refractivity contribution >= 4 is 11.7 Å². The van der Waals surface area contributed by atoms with Gasteiger partial charge in [0.2, 0.25) is 11.7 Å². The maximum Gasteiger partial charge on any atom is 0.322 e. The Hall–Kier alpha value is -3.15. The molecule has 1 aliphatic heterocycles. The van der Waals surface area contributed by atoms with Crippen molar-refractivity contribution in [3.05, 3.63) is 65.0 Å². The number of benzene rings is 2. The lowest BCUT2D eigenvalue weighted by Gasteiger charge is -2.22. The Balaban J connectivity index is 1.53. The van der Waals surface area contributed by atoms with Crippen LogP contribution in [0, 0.1) is 20.8 Å². The molecule has 0 spiro atoms. The molecule has 1 atom stereocenters. The van der Waals surface area contributed by atoms with Gasteiger partial charge >= 0.3 is 6.03 Å². The van der Waals surface area contributed by atoms with E-state index >= 15 is 0 Å². The van der Waals surface area contributed by atoms with Crippen molar-refractivity contribution in [1.82, 2.24) is 15.0 Å². The molecule has 1 fully saturated rings. The lowest BCUT2D eigenvalue weighted by molar-refractivity contribution is 0.193. The lowest BCUT2D eigenvalue weighted by atomic mass is 10.1. The van der Waals surface area contributed by atoms with Gasteiger partial charge in [-0.25, -0.2) is 4.79 Å². The zero-order valence-corrected chi connectivity index (χ0v) is 16.4. The van der Waals surface area contributed by atoms with Crippen LogP contribution in [0.15, 0.2) is 47.0 Å². The second-order valence-electron chi connectivity index (χ2n) is 7.35. The number of hydrogen-bond donors (Lipinski definition) is 1. The van der Waals surface area contributed by atoms with Gasteiger partial charge in [-0.15, -0.1) is 0 Å². The predicted octanol–water partition coefficient (Wildman–Crippen LogP) is 5.03. The summed E-state index contributed by atoms with van der Waals surface area (Å²) in [5.74, 6) is 1.06. The molecule has 6 heteroatoms. The summed E-state index contributed by atoms with van der Waals surface area (Å²) >= 11 is 0. The van der Waals surface area contributed by atoms with Crippen LogP contribution in [0.1, 0.15) is 41.5 Å². The fourth-order valence-corrected chi connectivity index (χ4v) is 3.58. The molecule has 28 heavy (non-hydrogen) atoms. The van der Waals surface area contributed by atoms with Crippen LogP contribution in [0.2, 0.25) is 0 Å². The first kappa shape index (κ1) is 18.2. The van der Waals surface area contributed by atoms with E-state index in [1.54, 1.807) is 4.90 Å². The van der Waals surface area contributed by atoms with E-state index in [4.69, 9.17) is 4.52 Å². The first-order valence-electron chi connectivity index (χ1n) is 9.57. The topological polar surface area (TPSA) is 71.3 Å². The number of anilines is 1. The molecule has 0 bridgehead atoms. The maximum atomic E-state index is 12.9. The van der Waals surface area contributed by atoms with Crippen LogP contribution < -0.4 is 5.32 Å². The van der Waals surface area contributed by atoms with Gasteiger partial charge in [0, 0.05) is 17.8 Å². The second kappa shape index (κ2) is 7.46. The van der Waals surface area contributed by atoms with Gasteiger partial charge in [0.25, 0.3) is 0 Å². The molecule has 2 amide bonds. The summed E-state index contributed by atoms with van der Waals surface area (Å²) in [5, 5.41) is 7.14. The summed E-state index contributed by atoms with van der Waals surface area (Å²) in [7, 11) is 0. The van der Waals surface area contributed by atoms with Gasteiger partial charge in [-0.05, 0) is 62.4 Å². The molecule has 0 radical (unpaired) electrons. The number of aromatic nitrogens is 2. The Morgan fingerprint density at radius 2 is 1.93 bits per heavy atom. The van der Waals surface area contributed by atoms with E-state index in [9.17, 15) is 4.79 Å². The van der Waals surface area contributed by atoms with Gasteiger partial charge < -0.3 is 14.7 Å². The van der Waals surface area contributed by atoms with E-state index in [1.807, 2.05) is 56.3 Å². The number of nitrogens with zero attached hydrogens (tertiary/aromatic N) is 3. The zero-order chi connectivity index (χ0) is 19.7. The van der Waals surface area contributed by atoms with Gasteiger partial charge in [0.1, 0.15) is 6.04 Å². The number of nitrogens with one attached hydrogen (secondary N) is 1. The monoisotopic (exact) mass is 376 g/mol. The molecule has 1 saturated heterocycles. The van der Waals surface area contributed by atoms with Gasteiger partial charge in [0.05, 0.1) is 0 Å². The van der Waals surface area contributed by atoms with Crippen LogP contribution in [0.5, 0.6) is 0 Å². The third-order valence-corrected chi connectivity index (χ3v) is 5.38. The van der Waals surface area contributed by atoms with Crippen molar-refractivity contribution in [3.8, 4) is 11.4 Å². The molecule has 0 aliphatic carbocycles. The van der Waals surface area contributed by atoms with Crippen LogP contribution in [0.3, 0.4) is 0 Å². The number of aryl methyl sites for hydroxylation is 3. The third kappa shape index (κ3) is 3.50. The van der Waals surface area contributed by atoms with E-state index < -0.39 is 0 Å². The fourth-order valence-electron chi connectivity index (χ4n) is 3.58. The van der Waals surface area contributed by atoms with E-state index in [-0.39, 0.29) is 12.1 Å². The zero-order valence-electron chi connectivity index (χ0n) is 16.4.